The van der Waals surface area contributed by atoms with E-state index in [4.69, 9.17) is 4.42 Å². The molecule has 1 aliphatic carbocycles. The van der Waals surface area contributed by atoms with Crippen molar-refractivity contribution in [2.45, 2.75) is 19.3 Å². The highest BCUT2D eigenvalue weighted by molar-refractivity contribution is 5.65. The highest BCUT2D eigenvalue weighted by atomic mass is 16.3. The Morgan fingerprint density at radius 1 is 1.29 bits per heavy atom. The van der Waals surface area contributed by atoms with Crippen molar-refractivity contribution < 1.29 is 4.42 Å². The number of aryl methyl sites for hydroxylation is 1. The van der Waals surface area contributed by atoms with Gasteiger partial charge in [-0.3, -0.25) is 0 Å². The molecule has 0 atom stereocenters. The summed E-state index contributed by atoms with van der Waals surface area (Å²) in [5, 5.41) is 0. The van der Waals surface area contributed by atoms with Crippen LogP contribution in [0.1, 0.15) is 18.4 Å². The fourth-order valence-corrected chi connectivity index (χ4v) is 1.71. The van der Waals surface area contributed by atoms with Crippen LogP contribution in [0.2, 0.25) is 0 Å². The van der Waals surface area contributed by atoms with Gasteiger partial charge in [-0.05, 0) is 43.0 Å². The smallest absolute Gasteiger partial charge is 0.134 e. The SMILES string of the molecule is C=CCCCc1ccc2occcc1-2. The van der Waals surface area contributed by atoms with E-state index in [1.807, 2.05) is 18.2 Å². The minimum absolute atomic E-state index is 0.987. The Morgan fingerprint density at radius 2 is 2.21 bits per heavy atom. The van der Waals surface area contributed by atoms with E-state index in [9.17, 15) is 0 Å². The molecule has 0 bridgehead atoms. The van der Waals surface area contributed by atoms with Crippen LogP contribution in [0.25, 0.3) is 11.3 Å². The van der Waals surface area contributed by atoms with Gasteiger partial charge in [0.15, 0.2) is 0 Å². The third-order valence-corrected chi connectivity index (χ3v) is 2.44. The first-order valence-corrected chi connectivity index (χ1v) is 4.98. The van der Waals surface area contributed by atoms with Crippen molar-refractivity contribution in [3.8, 4) is 11.3 Å². The van der Waals surface area contributed by atoms with Gasteiger partial charge in [0.25, 0.3) is 0 Å². The molecule has 0 aromatic carbocycles. The predicted molar refractivity (Wildman–Crippen MR) is 58.5 cm³/mol. The van der Waals surface area contributed by atoms with Crippen LogP contribution in [-0.4, -0.2) is 0 Å². The summed E-state index contributed by atoms with van der Waals surface area (Å²) in [6.07, 6.45) is 7.04. The molecule has 1 nitrogen and oxygen atoms in total. The molecule has 1 heteroatoms. The highest BCUT2D eigenvalue weighted by Crippen LogP contribution is 2.28. The summed E-state index contributed by atoms with van der Waals surface area (Å²) in [4.78, 5) is 0. The average molecular weight is 186 g/mol. The van der Waals surface area contributed by atoms with Gasteiger partial charge in [0.2, 0.25) is 0 Å². The minimum atomic E-state index is 0.987. The van der Waals surface area contributed by atoms with Crippen molar-refractivity contribution in [1.29, 1.82) is 0 Å². The van der Waals surface area contributed by atoms with Gasteiger partial charge in [0.05, 0.1) is 6.26 Å². The molecular weight excluding hydrogens is 172 g/mol. The summed E-state index contributed by atoms with van der Waals surface area (Å²) in [7, 11) is 0. The largest absolute Gasteiger partial charge is 0.464 e. The second-order valence-corrected chi connectivity index (χ2v) is 3.43. The van der Waals surface area contributed by atoms with E-state index in [-0.39, 0.29) is 0 Å². The number of hydrogen-bond acceptors (Lipinski definition) is 1. The fourth-order valence-electron chi connectivity index (χ4n) is 1.71. The number of allylic oxidation sites excluding steroid dienone is 1. The Hall–Kier alpha value is -1.50. The standard InChI is InChI=1S/C13H14O/c1-2-3-4-6-11-8-9-13-12(11)7-5-10-14-13/h2,5,7-10H,1,3-4,6H2. The monoisotopic (exact) mass is 186 g/mol. The minimum Gasteiger partial charge on any atom is -0.464 e. The van der Waals surface area contributed by atoms with E-state index in [2.05, 4.69) is 18.7 Å². The van der Waals surface area contributed by atoms with E-state index in [0.29, 0.717) is 0 Å². The molecule has 0 radical (unpaired) electrons. The summed E-state index contributed by atoms with van der Waals surface area (Å²) >= 11 is 0. The van der Waals surface area contributed by atoms with Crippen molar-refractivity contribution >= 4 is 0 Å². The molecule has 0 amide bonds. The summed E-state index contributed by atoms with van der Waals surface area (Å²) < 4.78 is 5.38. The Morgan fingerprint density at radius 3 is 3.07 bits per heavy atom. The third kappa shape index (κ3) is 1.72. The van der Waals surface area contributed by atoms with E-state index in [1.165, 1.54) is 11.1 Å². The molecule has 0 saturated heterocycles. The lowest BCUT2D eigenvalue weighted by Crippen LogP contribution is -1.84. The molecule has 0 N–H and O–H groups in total. The van der Waals surface area contributed by atoms with Gasteiger partial charge in [-0.1, -0.05) is 12.1 Å². The molecule has 0 spiro atoms. The number of unbranched alkanes of at least 4 members (excludes halogenated alkanes) is 1. The predicted octanol–water partition coefficient (Wildman–Crippen LogP) is 3.89. The Labute approximate surface area is 84.4 Å². The van der Waals surface area contributed by atoms with E-state index >= 15 is 0 Å². The molecule has 2 aliphatic rings. The van der Waals surface area contributed by atoms with E-state index in [0.717, 1.165) is 25.0 Å². The van der Waals surface area contributed by atoms with Crippen LogP contribution in [0, 0.1) is 0 Å². The average Bonchev–Trinajstić information content (AvgIpc) is 2.63. The maximum atomic E-state index is 5.38. The summed E-state index contributed by atoms with van der Waals surface area (Å²) in [6.45, 7) is 3.72. The van der Waals surface area contributed by atoms with E-state index in [1.54, 1.807) is 6.26 Å². The molecule has 0 aromatic heterocycles. The normalized spacial score (nSPS) is 10.6. The number of fused-ring (bicyclic) bond motifs is 1. The molecule has 2 rings (SSSR count). The zero-order valence-corrected chi connectivity index (χ0v) is 8.20. The molecule has 0 saturated carbocycles. The summed E-state index contributed by atoms with van der Waals surface area (Å²) in [5.74, 6) is 0.987. The summed E-state index contributed by atoms with van der Waals surface area (Å²) in [6, 6.07) is 8.25. The quantitative estimate of drug-likeness (QED) is 0.521. The Kier molecular flexibility index (Phi) is 2.68. The molecular formula is C13H14O. The van der Waals surface area contributed by atoms with Gasteiger partial charge in [0.1, 0.15) is 5.76 Å². The first-order chi connectivity index (χ1) is 6.92. The zero-order valence-electron chi connectivity index (χ0n) is 8.20. The Balaban J connectivity index is 2.14. The maximum absolute atomic E-state index is 5.38. The Bertz CT molecular complexity index is 386. The molecule has 1 heterocycles. The fraction of sp³-hybridized carbons (Fsp3) is 0.231. The lowest BCUT2D eigenvalue weighted by molar-refractivity contribution is 0.566. The first kappa shape index (κ1) is 9.07. The van der Waals surface area contributed by atoms with Crippen LogP contribution in [0.4, 0.5) is 0 Å². The van der Waals surface area contributed by atoms with Crippen LogP contribution in [-0.2, 0) is 6.42 Å². The van der Waals surface area contributed by atoms with Crippen molar-refractivity contribution in [3.05, 3.63) is 48.7 Å². The second kappa shape index (κ2) is 4.14. The van der Waals surface area contributed by atoms with Crippen molar-refractivity contribution in [3.63, 3.8) is 0 Å². The van der Waals surface area contributed by atoms with Gasteiger partial charge in [-0.2, -0.15) is 0 Å². The first-order valence-electron chi connectivity index (χ1n) is 4.98. The highest BCUT2D eigenvalue weighted by Gasteiger charge is 2.09. The maximum Gasteiger partial charge on any atom is 0.134 e. The van der Waals surface area contributed by atoms with Crippen molar-refractivity contribution in [2.24, 2.45) is 0 Å². The molecule has 0 unspecified atom stereocenters. The van der Waals surface area contributed by atoms with Gasteiger partial charge in [-0.15, -0.1) is 6.58 Å². The van der Waals surface area contributed by atoms with Gasteiger partial charge in [-0.25, -0.2) is 0 Å². The van der Waals surface area contributed by atoms with Crippen LogP contribution < -0.4 is 0 Å². The van der Waals surface area contributed by atoms with Crippen molar-refractivity contribution in [2.75, 3.05) is 0 Å². The molecule has 14 heavy (non-hydrogen) atoms. The number of hydrogen-bond donors (Lipinski definition) is 0. The third-order valence-electron chi connectivity index (χ3n) is 2.44. The molecule has 0 aromatic rings. The lowest BCUT2D eigenvalue weighted by Gasteiger charge is -2.01. The van der Waals surface area contributed by atoms with Gasteiger partial charge in [0, 0.05) is 5.56 Å². The van der Waals surface area contributed by atoms with Crippen LogP contribution in [0.5, 0.6) is 0 Å². The van der Waals surface area contributed by atoms with E-state index < -0.39 is 0 Å². The lowest BCUT2D eigenvalue weighted by atomic mass is 10.1. The van der Waals surface area contributed by atoms with Crippen LogP contribution >= 0.6 is 0 Å². The molecule has 1 aliphatic heterocycles. The van der Waals surface area contributed by atoms with Crippen LogP contribution in [0.3, 0.4) is 0 Å². The second-order valence-electron chi connectivity index (χ2n) is 3.43. The topological polar surface area (TPSA) is 13.1 Å². The molecule has 72 valence electrons. The van der Waals surface area contributed by atoms with Crippen LogP contribution in [0.15, 0.2) is 47.6 Å². The zero-order chi connectivity index (χ0) is 9.80. The van der Waals surface area contributed by atoms with Gasteiger partial charge < -0.3 is 4.42 Å². The molecule has 0 fully saturated rings. The van der Waals surface area contributed by atoms with Crippen molar-refractivity contribution in [1.82, 2.24) is 0 Å². The summed E-state index contributed by atoms with van der Waals surface area (Å²) in [5.41, 5.74) is 2.63. The number of rotatable bonds is 4. The van der Waals surface area contributed by atoms with Gasteiger partial charge >= 0.3 is 0 Å².